The largest absolute Gasteiger partial charge is 2.00 e. The van der Waals surface area contributed by atoms with Crippen LogP contribution in [0.5, 0.6) is 0 Å². The first kappa shape index (κ1) is 23.0. The van der Waals surface area contributed by atoms with E-state index in [0.29, 0.717) is 0 Å². The van der Waals surface area contributed by atoms with Crippen LogP contribution in [-0.2, 0) is 0 Å². The first-order valence-electron chi connectivity index (χ1n) is 1.79. The number of rotatable bonds is 0. The topological polar surface area (TPSA) is 0 Å². The van der Waals surface area contributed by atoms with E-state index in [9.17, 15) is 0 Å². The summed E-state index contributed by atoms with van der Waals surface area (Å²) in [6, 6.07) is 0. The molecule has 0 aliphatic rings. The Hall–Kier alpha value is 1.02. The van der Waals surface area contributed by atoms with Crippen LogP contribution in [0.3, 0.4) is 0 Å². The Morgan fingerprint density at radius 2 is 1.12 bits per heavy atom. The van der Waals surface area contributed by atoms with E-state index >= 15 is 0 Å². The van der Waals surface area contributed by atoms with Crippen molar-refractivity contribution in [3.05, 3.63) is 6.42 Å². The molecule has 8 heavy (non-hydrogen) atoms. The van der Waals surface area contributed by atoms with Crippen molar-refractivity contribution in [2.45, 2.75) is 19.6 Å². The first-order valence-corrected chi connectivity index (χ1v) is 4.79. The molecular formula is C5H11BrMgSi. The van der Waals surface area contributed by atoms with E-state index in [1.54, 1.807) is 0 Å². The van der Waals surface area contributed by atoms with Crippen molar-refractivity contribution >= 4 is 48.8 Å². The van der Waals surface area contributed by atoms with Crippen molar-refractivity contribution in [3.8, 4) is 6.42 Å². The zero-order valence-electron chi connectivity index (χ0n) is 5.69. The molecule has 0 radical (unpaired) electrons. The Labute approximate surface area is 81.0 Å². The van der Waals surface area contributed by atoms with E-state index in [1.165, 1.54) is 0 Å². The molecule has 0 saturated carbocycles. The van der Waals surface area contributed by atoms with E-state index in [0.717, 1.165) is 0 Å². The van der Waals surface area contributed by atoms with Crippen molar-refractivity contribution < 1.29 is 0 Å². The Bertz CT molecular complexity index is 33.9. The van der Waals surface area contributed by atoms with Gasteiger partial charge in [0.2, 0.25) is 0 Å². The van der Waals surface area contributed by atoms with Gasteiger partial charge in [0.25, 0.3) is 0 Å². The normalized spacial score (nSPS) is 4.75. The van der Waals surface area contributed by atoms with Crippen molar-refractivity contribution in [1.29, 1.82) is 0 Å². The maximum atomic E-state index is 5.25. The standard InChI is InChI=1S/C3H9Si.C2H.BrH.Mg/c1-4(2)3;1-2;;/h1-3H3;1H;1H;/q2*-1;;+2. The van der Waals surface area contributed by atoms with Crippen LogP contribution in [0.1, 0.15) is 0 Å². The van der Waals surface area contributed by atoms with Crippen LogP contribution in [0.2, 0.25) is 19.6 Å². The molecule has 0 saturated heterocycles. The molecule has 0 atom stereocenters. The molecule has 0 aliphatic heterocycles. The monoisotopic (exact) mass is 202 g/mol. The molecule has 0 rings (SSSR count). The Balaban J connectivity index is -0.0000000183. The number of terminal acetylenes is 1. The summed E-state index contributed by atoms with van der Waals surface area (Å²) in [5.74, 6) is 0. The molecule has 0 N–H and O–H groups in total. The summed E-state index contributed by atoms with van der Waals surface area (Å²) in [5, 5.41) is 0. The van der Waals surface area contributed by atoms with Crippen LogP contribution in [0.15, 0.2) is 0 Å². The number of hydrogen-bond acceptors (Lipinski definition) is 0. The number of hydrogen-bond donors (Lipinski definition) is 0. The van der Waals surface area contributed by atoms with Gasteiger partial charge in [-0.25, -0.2) is 0 Å². The minimum Gasteiger partial charge on any atom is -0.697 e. The van der Waals surface area contributed by atoms with E-state index in [1.807, 2.05) is 0 Å². The predicted molar refractivity (Wildman–Crippen MR) is 47.6 cm³/mol. The fourth-order valence-corrected chi connectivity index (χ4v) is 0. The smallest absolute Gasteiger partial charge is 0.697 e. The van der Waals surface area contributed by atoms with Gasteiger partial charge in [-0.3, -0.25) is 8.80 Å². The van der Waals surface area contributed by atoms with E-state index in [-0.39, 0.29) is 48.8 Å². The van der Waals surface area contributed by atoms with Gasteiger partial charge < -0.3 is 12.8 Å². The Morgan fingerprint density at radius 3 is 1.12 bits per heavy atom. The molecule has 0 aliphatic carbocycles. The summed E-state index contributed by atoms with van der Waals surface area (Å²) in [5.41, 5.74) is 0. The van der Waals surface area contributed by atoms with Gasteiger partial charge in [0.05, 0.1) is 0 Å². The fourth-order valence-electron chi connectivity index (χ4n) is 0. The van der Waals surface area contributed by atoms with E-state index in [2.05, 4.69) is 26.1 Å². The summed E-state index contributed by atoms with van der Waals surface area (Å²) < 4.78 is 0. The quantitative estimate of drug-likeness (QED) is 0.320. The van der Waals surface area contributed by atoms with Crippen molar-refractivity contribution in [2.24, 2.45) is 0 Å². The SMILES string of the molecule is Br.C[Si-](C)C.[C-]#C.[Mg+2]. The van der Waals surface area contributed by atoms with Crippen molar-refractivity contribution in [2.75, 3.05) is 0 Å². The second kappa shape index (κ2) is 24.4. The van der Waals surface area contributed by atoms with Gasteiger partial charge in [-0.2, -0.15) is 19.6 Å². The summed E-state index contributed by atoms with van der Waals surface area (Å²) >= 11 is 0. The molecule has 0 unspecified atom stereocenters. The van der Waals surface area contributed by atoms with Crippen LogP contribution in [0.25, 0.3) is 0 Å². The van der Waals surface area contributed by atoms with Gasteiger partial charge in [-0.15, -0.1) is 17.0 Å². The van der Waals surface area contributed by atoms with Crippen LogP contribution >= 0.6 is 17.0 Å². The van der Waals surface area contributed by atoms with Crippen LogP contribution in [-0.4, -0.2) is 31.8 Å². The van der Waals surface area contributed by atoms with Gasteiger partial charge in [0.15, 0.2) is 0 Å². The van der Waals surface area contributed by atoms with Gasteiger partial charge in [0.1, 0.15) is 0 Å². The van der Waals surface area contributed by atoms with Gasteiger partial charge in [-0.1, -0.05) is 0 Å². The third-order valence-corrected chi connectivity index (χ3v) is 0. The van der Waals surface area contributed by atoms with Gasteiger partial charge in [-0.05, 0) is 0 Å². The minimum atomic E-state index is 0. The second-order valence-electron chi connectivity index (χ2n) is 1.50. The molecule has 0 aromatic rings. The molecule has 0 fully saturated rings. The Morgan fingerprint density at radius 1 is 1.12 bits per heavy atom. The van der Waals surface area contributed by atoms with E-state index in [4.69, 9.17) is 6.42 Å². The predicted octanol–water partition coefficient (Wildman–Crippen LogP) is 1.77. The maximum Gasteiger partial charge on any atom is 2.00 e. The van der Waals surface area contributed by atoms with Crippen molar-refractivity contribution in [1.82, 2.24) is 0 Å². The van der Waals surface area contributed by atoms with Crippen molar-refractivity contribution in [3.63, 3.8) is 0 Å². The number of halogens is 1. The third kappa shape index (κ3) is 243. The first-order chi connectivity index (χ1) is 2.73. The molecule has 0 amide bonds. The summed E-state index contributed by atoms with van der Waals surface area (Å²) in [4.78, 5) is 0. The van der Waals surface area contributed by atoms with Crippen LogP contribution in [0, 0.1) is 12.8 Å². The summed E-state index contributed by atoms with van der Waals surface area (Å²) in [6.45, 7) is 6.81. The average molecular weight is 203 g/mol. The van der Waals surface area contributed by atoms with Crippen LogP contribution in [0.4, 0.5) is 0 Å². The third-order valence-electron chi connectivity index (χ3n) is 0. The maximum absolute atomic E-state index is 5.25. The summed E-state index contributed by atoms with van der Waals surface area (Å²) in [6.07, 6.45) is 9.00. The molecule has 0 bridgehead atoms. The van der Waals surface area contributed by atoms with E-state index < -0.39 is 0 Å². The van der Waals surface area contributed by atoms with Gasteiger partial charge >= 0.3 is 23.1 Å². The average Bonchev–Trinajstić information content (AvgIpc) is 1.41. The Kier molecular flexibility index (Phi) is 70.4. The molecule has 0 nitrogen and oxygen atoms in total. The fraction of sp³-hybridized carbons (Fsp3) is 0.600. The molecule has 0 aromatic heterocycles. The zero-order chi connectivity index (χ0) is 5.58. The van der Waals surface area contributed by atoms with Gasteiger partial charge in [0, 0.05) is 0 Å². The minimum absolute atomic E-state index is 0. The molecule has 0 heterocycles. The summed E-state index contributed by atoms with van der Waals surface area (Å²) in [7, 11) is 0.120. The molecule has 44 valence electrons. The molecule has 0 aromatic carbocycles. The molecule has 0 spiro atoms. The zero-order valence-corrected chi connectivity index (χ0v) is 9.82. The second-order valence-corrected chi connectivity index (χ2v) is 4.50. The molecular weight excluding hydrogens is 192 g/mol. The molecule has 3 heteroatoms. The van der Waals surface area contributed by atoms with Crippen LogP contribution < -0.4 is 0 Å².